The second-order valence-corrected chi connectivity index (χ2v) is 5.62. The molecule has 96 valence electrons. The summed E-state index contributed by atoms with van der Waals surface area (Å²) >= 11 is 0. The molecule has 0 aromatic rings. The molecule has 0 spiro atoms. The zero-order chi connectivity index (χ0) is 12.6. The lowest BCUT2D eigenvalue weighted by molar-refractivity contribution is -0.140. The number of esters is 1. The summed E-state index contributed by atoms with van der Waals surface area (Å²) in [5, 5.41) is 3.40. The highest BCUT2D eigenvalue weighted by molar-refractivity contribution is 5.69. The minimum atomic E-state index is -0.122. The first-order valence-corrected chi connectivity index (χ1v) is 6.15. The highest BCUT2D eigenvalue weighted by Gasteiger charge is 2.18. The van der Waals surface area contributed by atoms with E-state index in [0.717, 1.165) is 25.4 Å². The molecular formula is C13H27NO2. The third-order valence-corrected chi connectivity index (χ3v) is 2.53. The number of nitrogens with one attached hydrogen (secondary N) is 1. The third-order valence-electron chi connectivity index (χ3n) is 2.53. The molecule has 0 bridgehead atoms. The molecule has 16 heavy (non-hydrogen) atoms. The van der Waals surface area contributed by atoms with Crippen LogP contribution in [0.4, 0.5) is 0 Å². The van der Waals surface area contributed by atoms with Gasteiger partial charge in [0.15, 0.2) is 0 Å². The fourth-order valence-corrected chi connectivity index (χ4v) is 2.06. The Hall–Kier alpha value is -0.570. The van der Waals surface area contributed by atoms with E-state index in [1.165, 1.54) is 13.5 Å². The van der Waals surface area contributed by atoms with Crippen molar-refractivity contribution in [2.24, 2.45) is 11.3 Å². The van der Waals surface area contributed by atoms with E-state index in [1.807, 2.05) is 0 Å². The number of ether oxygens (including phenoxy) is 1. The summed E-state index contributed by atoms with van der Waals surface area (Å²) < 4.78 is 4.58. The van der Waals surface area contributed by atoms with Gasteiger partial charge in [-0.05, 0) is 30.7 Å². The number of carbonyl (C=O) groups excluding carboxylic acids is 1. The molecule has 0 heterocycles. The summed E-state index contributed by atoms with van der Waals surface area (Å²) in [6, 6.07) is 0. The van der Waals surface area contributed by atoms with Gasteiger partial charge in [0.05, 0.1) is 7.11 Å². The van der Waals surface area contributed by atoms with Crippen LogP contribution in [0, 0.1) is 11.3 Å². The second-order valence-electron chi connectivity index (χ2n) is 5.62. The fraction of sp³-hybridized carbons (Fsp3) is 0.923. The number of carbonyl (C=O) groups is 1. The van der Waals surface area contributed by atoms with Crippen molar-refractivity contribution in [2.45, 2.75) is 47.0 Å². The zero-order valence-electron chi connectivity index (χ0n) is 11.4. The lowest BCUT2D eigenvalue weighted by atomic mass is 9.84. The summed E-state index contributed by atoms with van der Waals surface area (Å²) in [6.45, 7) is 10.9. The van der Waals surface area contributed by atoms with E-state index in [4.69, 9.17) is 0 Å². The van der Waals surface area contributed by atoms with Crippen molar-refractivity contribution in [3.63, 3.8) is 0 Å². The highest BCUT2D eigenvalue weighted by atomic mass is 16.5. The zero-order valence-corrected chi connectivity index (χ0v) is 11.4. The minimum absolute atomic E-state index is 0.122. The van der Waals surface area contributed by atoms with Crippen molar-refractivity contribution >= 4 is 5.97 Å². The molecule has 0 unspecified atom stereocenters. The van der Waals surface area contributed by atoms with Crippen molar-refractivity contribution in [1.82, 2.24) is 5.32 Å². The number of hydrogen-bond donors (Lipinski definition) is 1. The van der Waals surface area contributed by atoms with E-state index < -0.39 is 0 Å². The van der Waals surface area contributed by atoms with Crippen molar-refractivity contribution in [1.29, 1.82) is 0 Å². The predicted molar refractivity (Wildman–Crippen MR) is 67.4 cm³/mol. The van der Waals surface area contributed by atoms with Crippen LogP contribution in [0.15, 0.2) is 0 Å². The molecule has 0 fully saturated rings. The monoisotopic (exact) mass is 229 g/mol. The summed E-state index contributed by atoms with van der Waals surface area (Å²) in [5.74, 6) is 0.607. The molecule has 0 rings (SSSR count). The van der Waals surface area contributed by atoms with E-state index in [2.05, 4.69) is 37.7 Å². The summed E-state index contributed by atoms with van der Waals surface area (Å²) in [5.41, 5.74) is 0.333. The third kappa shape index (κ3) is 8.72. The molecule has 3 nitrogen and oxygen atoms in total. The molecule has 0 saturated carbocycles. The molecule has 0 aliphatic rings. The molecule has 0 radical (unpaired) electrons. The average molecular weight is 229 g/mol. The number of methoxy groups -OCH3 is 1. The minimum Gasteiger partial charge on any atom is -0.469 e. The largest absolute Gasteiger partial charge is 0.469 e. The topological polar surface area (TPSA) is 38.3 Å². The van der Waals surface area contributed by atoms with Crippen LogP contribution >= 0.6 is 0 Å². The Kier molecular flexibility index (Phi) is 7.39. The molecule has 0 amide bonds. The standard InChI is InChI=1S/C13H27NO2/c1-11(2)9-13(3,4)10-14-8-6-7-12(15)16-5/h11,14H,6-10H2,1-5H3. The van der Waals surface area contributed by atoms with Gasteiger partial charge in [0, 0.05) is 13.0 Å². The Morgan fingerprint density at radius 3 is 2.50 bits per heavy atom. The van der Waals surface area contributed by atoms with E-state index in [9.17, 15) is 4.79 Å². The smallest absolute Gasteiger partial charge is 0.305 e. The van der Waals surface area contributed by atoms with Crippen molar-refractivity contribution in [3.05, 3.63) is 0 Å². The average Bonchev–Trinajstić information content (AvgIpc) is 2.14. The van der Waals surface area contributed by atoms with Gasteiger partial charge < -0.3 is 10.1 Å². The van der Waals surface area contributed by atoms with Crippen LogP contribution in [0.2, 0.25) is 0 Å². The fourth-order valence-electron chi connectivity index (χ4n) is 2.06. The number of rotatable bonds is 8. The molecule has 0 saturated heterocycles. The van der Waals surface area contributed by atoms with Crippen LogP contribution in [0.5, 0.6) is 0 Å². The van der Waals surface area contributed by atoms with Crippen molar-refractivity contribution < 1.29 is 9.53 Å². The maximum Gasteiger partial charge on any atom is 0.305 e. The molecular weight excluding hydrogens is 202 g/mol. The van der Waals surface area contributed by atoms with E-state index in [-0.39, 0.29) is 5.97 Å². The molecule has 1 N–H and O–H groups in total. The quantitative estimate of drug-likeness (QED) is 0.513. The van der Waals surface area contributed by atoms with Gasteiger partial charge in [-0.15, -0.1) is 0 Å². The molecule has 0 aromatic heterocycles. The summed E-state index contributed by atoms with van der Waals surface area (Å²) in [4.78, 5) is 10.9. The Morgan fingerprint density at radius 1 is 1.38 bits per heavy atom. The Labute approximate surface area is 99.9 Å². The van der Waals surface area contributed by atoms with Gasteiger partial charge in [-0.1, -0.05) is 27.7 Å². The Morgan fingerprint density at radius 2 is 2.00 bits per heavy atom. The SMILES string of the molecule is COC(=O)CCCNCC(C)(C)CC(C)C. The van der Waals surface area contributed by atoms with Gasteiger partial charge >= 0.3 is 5.97 Å². The summed E-state index contributed by atoms with van der Waals surface area (Å²) in [6.07, 6.45) is 2.58. The molecule has 0 aliphatic heterocycles. The van der Waals surface area contributed by atoms with Crippen molar-refractivity contribution in [3.8, 4) is 0 Å². The lowest BCUT2D eigenvalue weighted by Crippen LogP contribution is -2.31. The van der Waals surface area contributed by atoms with E-state index >= 15 is 0 Å². The lowest BCUT2D eigenvalue weighted by Gasteiger charge is -2.27. The molecule has 0 aromatic carbocycles. The van der Waals surface area contributed by atoms with Crippen LogP contribution in [0.25, 0.3) is 0 Å². The van der Waals surface area contributed by atoms with Gasteiger partial charge in [-0.25, -0.2) is 0 Å². The molecule has 3 heteroatoms. The van der Waals surface area contributed by atoms with Gasteiger partial charge in [-0.2, -0.15) is 0 Å². The maximum absolute atomic E-state index is 10.9. The van der Waals surface area contributed by atoms with E-state index in [0.29, 0.717) is 11.8 Å². The second kappa shape index (κ2) is 7.66. The Bertz CT molecular complexity index is 200. The first kappa shape index (κ1) is 15.4. The molecule has 0 aliphatic carbocycles. The number of hydrogen-bond acceptors (Lipinski definition) is 3. The van der Waals surface area contributed by atoms with Gasteiger partial charge in [0.25, 0.3) is 0 Å². The van der Waals surface area contributed by atoms with Crippen LogP contribution in [0.1, 0.15) is 47.0 Å². The van der Waals surface area contributed by atoms with Gasteiger partial charge in [-0.3, -0.25) is 4.79 Å². The van der Waals surface area contributed by atoms with E-state index in [1.54, 1.807) is 0 Å². The van der Waals surface area contributed by atoms with Crippen LogP contribution in [-0.2, 0) is 9.53 Å². The maximum atomic E-state index is 10.9. The highest BCUT2D eigenvalue weighted by Crippen LogP contribution is 2.23. The van der Waals surface area contributed by atoms with Crippen LogP contribution < -0.4 is 5.32 Å². The normalized spacial score (nSPS) is 11.9. The summed E-state index contributed by atoms with van der Waals surface area (Å²) in [7, 11) is 1.43. The van der Waals surface area contributed by atoms with Gasteiger partial charge in [0.2, 0.25) is 0 Å². The first-order chi connectivity index (χ1) is 7.37. The van der Waals surface area contributed by atoms with Crippen LogP contribution in [-0.4, -0.2) is 26.2 Å². The first-order valence-electron chi connectivity index (χ1n) is 6.15. The van der Waals surface area contributed by atoms with Gasteiger partial charge in [0.1, 0.15) is 0 Å². The van der Waals surface area contributed by atoms with Crippen molar-refractivity contribution in [2.75, 3.05) is 20.2 Å². The predicted octanol–water partition coefficient (Wildman–Crippen LogP) is 2.60. The van der Waals surface area contributed by atoms with Crippen LogP contribution in [0.3, 0.4) is 0 Å². The molecule has 0 atom stereocenters. The Balaban J connectivity index is 3.54.